The van der Waals surface area contributed by atoms with E-state index in [2.05, 4.69) is 10.3 Å². The maximum atomic E-state index is 11.9. The lowest BCUT2D eigenvalue weighted by atomic mass is 10.2. The van der Waals surface area contributed by atoms with Crippen LogP contribution in [0.3, 0.4) is 0 Å². The van der Waals surface area contributed by atoms with Crippen molar-refractivity contribution >= 4 is 17.2 Å². The Morgan fingerprint density at radius 3 is 2.76 bits per heavy atom. The minimum atomic E-state index is -0.612. The first kappa shape index (κ1) is 15.0. The highest BCUT2D eigenvalue weighted by Crippen LogP contribution is 2.14. The molecule has 0 unspecified atom stereocenters. The molecule has 0 fully saturated rings. The van der Waals surface area contributed by atoms with E-state index in [-0.39, 0.29) is 5.91 Å². The lowest BCUT2D eigenvalue weighted by Crippen LogP contribution is -2.35. The second-order valence-corrected chi connectivity index (χ2v) is 5.44. The van der Waals surface area contributed by atoms with Gasteiger partial charge in [0, 0.05) is 11.1 Å². The number of nitriles is 1. The van der Waals surface area contributed by atoms with Crippen molar-refractivity contribution in [3.8, 4) is 11.8 Å². The number of hydrogen-bond donors (Lipinski definition) is 1. The summed E-state index contributed by atoms with van der Waals surface area (Å²) in [5, 5.41) is 14.3. The van der Waals surface area contributed by atoms with E-state index in [1.165, 1.54) is 11.3 Å². The number of ether oxygens (including phenoxy) is 1. The van der Waals surface area contributed by atoms with Crippen molar-refractivity contribution in [2.24, 2.45) is 0 Å². The fraction of sp³-hybridized carbons (Fsp3) is 0.267. The maximum Gasteiger partial charge on any atom is 0.261 e. The van der Waals surface area contributed by atoms with Crippen molar-refractivity contribution in [2.45, 2.75) is 26.5 Å². The van der Waals surface area contributed by atoms with Crippen molar-refractivity contribution in [1.29, 1.82) is 5.26 Å². The van der Waals surface area contributed by atoms with Crippen LogP contribution in [0.15, 0.2) is 29.6 Å². The van der Waals surface area contributed by atoms with Gasteiger partial charge in [-0.05, 0) is 38.1 Å². The summed E-state index contributed by atoms with van der Waals surface area (Å²) in [6, 6.07) is 8.68. The summed E-state index contributed by atoms with van der Waals surface area (Å²) in [6.45, 7) is 4.00. The molecule has 1 aromatic carbocycles. The minimum Gasteiger partial charge on any atom is -0.481 e. The van der Waals surface area contributed by atoms with Gasteiger partial charge in [-0.1, -0.05) is 0 Å². The quantitative estimate of drug-likeness (QED) is 0.920. The summed E-state index contributed by atoms with van der Waals surface area (Å²) < 4.78 is 5.53. The summed E-state index contributed by atoms with van der Waals surface area (Å²) >= 11 is 1.51. The molecule has 21 heavy (non-hydrogen) atoms. The number of rotatable bonds is 5. The lowest BCUT2D eigenvalue weighted by Gasteiger charge is -2.14. The molecule has 6 heteroatoms. The highest BCUT2D eigenvalue weighted by atomic mass is 32.1. The normalized spacial score (nSPS) is 11.5. The van der Waals surface area contributed by atoms with Gasteiger partial charge in [0.1, 0.15) is 10.8 Å². The largest absolute Gasteiger partial charge is 0.481 e. The van der Waals surface area contributed by atoms with Crippen molar-refractivity contribution < 1.29 is 9.53 Å². The number of carbonyl (C=O) groups is 1. The SMILES string of the molecule is Cc1csc(CNC(=O)[C@@H](C)Oc2ccc(C#N)cc2)n1. The second kappa shape index (κ2) is 6.86. The molecule has 2 rings (SSSR count). The van der Waals surface area contributed by atoms with Gasteiger partial charge in [0.25, 0.3) is 5.91 Å². The second-order valence-electron chi connectivity index (χ2n) is 4.50. The van der Waals surface area contributed by atoms with Gasteiger partial charge < -0.3 is 10.1 Å². The van der Waals surface area contributed by atoms with Crippen LogP contribution in [0.2, 0.25) is 0 Å². The summed E-state index contributed by atoms with van der Waals surface area (Å²) in [4.78, 5) is 16.2. The van der Waals surface area contributed by atoms with Crippen molar-refractivity contribution in [3.63, 3.8) is 0 Å². The third-order valence-corrected chi connectivity index (χ3v) is 3.71. The van der Waals surface area contributed by atoms with Crippen LogP contribution in [-0.4, -0.2) is 17.0 Å². The number of hydrogen-bond acceptors (Lipinski definition) is 5. The van der Waals surface area contributed by atoms with Gasteiger partial charge in [-0.25, -0.2) is 4.98 Å². The molecule has 1 amide bonds. The molecule has 1 heterocycles. The number of aryl methyl sites for hydroxylation is 1. The van der Waals surface area contributed by atoms with Crippen LogP contribution in [0.25, 0.3) is 0 Å². The van der Waals surface area contributed by atoms with Crippen LogP contribution in [-0.2, 0) is 11.3 Å². The first-order valence-corrected chi connectivity index (χ1v) is 7.32. The number of aromatic nitrogens is 1. The van der Waals surface area contributed by atoms with E-state index in [4.69, 9.17) is 10.00 Å². The third kappa shape index (κ3) is 4.29. The molecule has 0 aliphatic rings. The van der Waals surface area contributed by atoms with Gasteiger partial charge in [-0.2, -0.15) is 5.26 Å². The van der Waals surface area contributed by atoms with E-state index in [0.717, 1.165) is 10.7 Å². The van der Waals surface area contributed by atoms with Crippen LogP contribution in [0.4, 0.5) is 0 Å². The molecule has 0 saturated heterocycles. The Kier molecular flexibility index (Phi) is 4.90. The minimum absolute atomic E-state index is 0.202. The molecule has 1 aromatic heterocycles. The zero-order valence-corrected chi connectivity index (χ0v) is 12.6. The van der Waals surface area contributed by atoms with Crippen molar-refractivity contribution in [3.05, 3.63) is 45.9 Å². The van der Waals surface area contributed by atoms with Crippen molar-refractivity contribution in [2.75, 3.05) is 0 Å². The fourth-order valence-corrected chi connectivity index (χ4v) is 2.37. The van der Waals surface area contributed by atoms with E-state index in [9.17, 15) is 4.79 Å². The molecule has 0 radical (unpaired) electrons. The number of carbonyl (C=O) groups excluding carboxylic acids is 1. The molecule has 0 aliphatic carbocycles. The Balaban J connectivity index is 1.85. The van der Waals surface area contributed by atoms with Gasteiger partial charge >= 0.3 is 0 Å². The number of benzene rings is 1. The Hall–Kier alpha value is -2.39. The predicted molar refractivity (Wildman–Crippen MR) is 79.9 cm³/mol. The Labute approximate surface area is 127 Å². The number of thiazole rings is 1. The topological polar surface area (TPSA) is 75.0 Å². The Bertz CT molecular complexity index is 658. The smallest absolute Gasteiger partial charge is 0.261 e. The van der Waals surface area contributed by atoms with E-state index in [0.29, 0.717) is 17.9 Å². The van der Waals surface area contributed by atoms with Crippen molar-refractivity contribution in [1.82, 2.24) is 10.3 Å². The molecule has 0 saturated carbocycles. The summed E-state index contributed by atoms with van der Waals surface area (Å²) in [6.07, 6.45) is -0.612. The molecular weight excluding hydrogens is 286 g/mol. The number of amides is 1. The molecule has 5 nitrogen and oxygen atoms in total. The lowest BCUT2D eigenvalue weighted by molar-refractivity contribution is -0.127. The van der Waals surface area contributed by atoms with E-state index >= 15 is 0 Å². The highest BCUT2D eigenvalue weighted by molar-refractivity contribution is 7.09. The maximum absolute atomic E-state index is 11.9. The van der Waals surface area contributed by atoms with Crippen LogP contribution in [0, 0.1) is 18.3 Å². The van der Waals surface area contributed by atoms with Crippen LogP contribution >= 0.6 is 11.3 Å². The van der Waals surface area contributed by atoms with E-state index in [1.807, 2.05) is 18.4 Å². The van der Waals surface area contributed by atoms with E-state index in [1.54, 1.807) is 31.2 Å². The zero-order chi connectivity index (χ0) is 15.2. The zero-order valence-electron chi connectivity index (χ0n) is 11.8. The molecule has 108 valence electrons. The number of nitrogens with one attached hydrogen (secondary N) is 1. The monoisotopic (exact) mass is 301 g/mol. The van der Waals surface area contributed by atoms with Gasteiger partial charge in [0.2, 0.25) is 0 Å². The summed E-state index contributed by atoms with van der Waals surface area (Å²) in [5.74, 6) is 0.356. The first-order valence-electron chi connectivity index (χ1n) is 6.44. The fourth-order valence-electron chi connectivity index (χ4n) is 1.66. The van der Waals surface area contributed by atoms with E-state index < -0.39 is 6.10 Å². The highest BCUT2D eigenvalue weighted by Gasteiger charge is 2.14. The molecule has 1 atom stereocenters. The Morgan fingerprint density at radius 2 is 2.19 bits per heavy atom. The number of nitrogens with zero attached hydrogens (tertiary/aromatic N) is 2. The standard InChI is InChI=1S/C15H15N3O2S/c1-10-9-21-14(18-10)8-17-15(19)11(2)20-13-5-3-12(7-16)4-6-13/h3-6,9,11H,8H2,1-2H3,(H,17,19)/t11-/m1/s1. The average Bonchev–Trinajstić information content (AvgIpc) is 2.91. The summed E-state index contributed by atoms with van der Waals surface area (Å²) in [5.41, 5.74) is 1.50. The molecule has 2 aromatic rings. The molecular formula is C15H15N3O2S. The van der Waals surface area contributed by atoms with Gasteiger partial charge in [0.15, 0.2) is 6.10 Å². The molecule has 0 bridgehead atoms. The van der Waals surface area contributed by atoms with Crippen LogP contribution in [0.5, 0.6) is 5.75 Å². The van der Waals surface area contributed by atoms with Crippen LogP contribution < -0.4 is 10.1 Å². The molecule has 0 aliphatic heterocycles. The van der Waals surface area contributed by atoms with Gasteiger partial charge in [0.05, 0.1) is 18.2 Å². The van der Waals surface area contributed by atoms with Gasteiger partial charge in [-0.15, -0.1) is 11.3 Å². The third-order valence-electron chi connectivity index (χ3n) is 2.75. The molecule has 0 spiro atoms. The first-order chi connectivity index (χ1) is 10.1. The Morgan fingerprint density at radius 1 is 1.48 bits per heavy atom. The van der Waals surface area contributed by atoms with Gasteiger partial charge in [-0.3, -0.25) is 4.79 Å². The molecule has 1 N–H and O–H groups in total. The predicted octanol–water partition coefficient (Wildman–Crippen LogP) is 2.41. The van der Waals surface area contributed by atoms with Crippen LogP contribution in [0.1, 0.15) is 23.2 Å². The summed E-state index contributed by atoms with van der Waals surface area (Å²) in [7, 11) is 0. The average molecular weight is 301 g/mol.